The smallest absolute Gasteiger partial charge is 0.414 e. The number of piperidine rings is 1. The molecule has 2 saturated heterocycles. The summed E-state index contributed by atoms with van der Waals surface area (Å²) in [5, 5.41) is 2.98. The highest BCUT2D eigenvalue weighted by atomic mass is 16.6. The lowest BCUT2D eigenvalue weighted by Crippen LogP contribution is -2.40. The van der Waals surface area contributed by atoms with Crippen LogP contribution in [0.2, 0.25) is 0 Å². The van der Waals surface area contributed by atoms with Gasteiger partial charge in [0.25, 0.3) is 0 Å². The molecule has 2 heterocycles. The van der Waals surface area contributed by atoms with Crippen molar-refractivity contribution in [1.29, 1.82) is 0 Å². The van der Waals surface area contributed by atoms with Crippen LogP contribution in [0.1, 0.15) is 29.9 Å². The number of carbonyl (C=O) groups is 2. The summed E-state index contributed by atoms with van der Waals surface area (Å²) in [6, 6.07) is 16.0. The summed E-state index contributed by atoms with van der Waals surface area (Å²) in [6.07, 6.45) is 1.60. The maximum atomic E-state index is 12.7. The van der Waals surface area contributed by atoms with E-state index in [0.717, 1.165) is 37.2 Å². The fraction of sp³-hybridized carbons (Fsp3) is 0.364. The average molecular weight is 379 g/mol. The number of anilines is 2. The molecule has 2 fully saturated rings. The van der Waals surface area contributed by atoms with Crippen LogP contribution in [0.15, 0.2) is 48.5 Å². The molecule has 0 unspecified atom stereocenters. The van der Waals surface area contributed by atoms with Crippen molar-refractivity contribution in [3.63, 3.8) is 0 Å². The van der Waals surface area contributed by atoms with Gasteiger partial charge >= 0.3 is 12.1 Å². The normalized spacial score (nSPS) is 17.5. The van der Waals surface area contributed by atoms with E-state index < -0.39 is 0 Å². The van der Waals surface area contributed by atoms with Crippen LogP contribution in [0, 0.1) is 6.92 Å². The van der Waals surface area contributed by atoms with E-state index in [-0.39, 0.29) is 12.1 Å². The minimum atomic E-state index is -0.338. The molecule has 0 atom stereocenters. The number of nitrogens with zero attached hydrogens (tertiary/aromatic N) is 2. The van der Waals surface area contributed by atoms with Crippen LogP contribution < -0.4 is 10.2 Å². The third kappa shape index (κ3) is 3.81. The van der Waals surface area contributed by atoms with E-state index in [2.05, 4.69) is 29.6 Å². The highest BCUT2D eigenvalue weighted by Gasteiger charge is 2.26. The minimum absolute atomic E-state index is 0.0923. The number of aryl methyl sites for hydroxylation is 1. The molecule has 0 saturated carbocycles. The number of hydrogen-bond acceptors (Lipinski definition) is 3. The molecule has 6 nitrogen and oxygen atoms in total. The van der Waals surface area contributed by atoms with Crippen LogP contribution in [0.5, 0.6) is 0 Å². The predicted octanol–water partition coefficient (Wildman–Crippen LogP) is 4.36. The Labute approximate surface area is 165 Å². The van der Waals surface area contributed by atoms with Crippen molar-refractivity contribution in [3.8, 4) is 0 Å². The standard InChI is InChI=1S/C22H25N3O3/c1-16-7-8-19(15-20(16)25-13-14-28-22(25)27)23-21(26)24-11-9-18(10-12-24)17-5-3-2-4-6-17/h2-8,15,18H,9-14H2,1H3,(H,23,26). The van der Waals surface area contributed by atoms with Gasteiger partial charge in [-0.2, -0.15) is 0 Å². The van der Waals surface area contributed by atoms with E-state index in [1.165, 1.54) is 5.56 Å². The van der Waals surface area contributed by atoms with Crippen molar-refractivity contribution in [2.75, 3.05) is 36.5 Å². The number of rotatable bonds is 3. The van der Waals surface area contributed by atoms with Gasteiger partial charge in [-0.05, 0) is 48.9 Å². The first-order chi connectivity index (χ1) is 13.6. The number of hydrogen-bond donors (Lipinski definition) is 1. The molecule has 28 heavy (non-hydrogen) atoms. The Hall–Kier alpha value is -3.02. The summed E-state index contributed by atoms with van der Waals surface area (Å²) >= 11 is 0. The number of carbonyl (C=O) groups excluding carboxylic acids is 2. The molecular weight excluding hydrogens is 354 g/mol. The molecule has 2 aromatic rings. The van der Waals surface area contributed by atoms with Gasteiger partial charge < -0.3 is 15.0 Å². The third-order valence-electron chi connectivity index (χ3n) is 5.57. The van der Waals surface area contributed by atoms with Gasteiger partial charge in [-0.3, -0.25) is 4.90 Å². The topological polar surface area (TPSA) is 61.9 Å². The summed E-state index contributed by atoms with van der Waals surface area (Å²) in [5.74, 6) is 0.511. The monoisotopic (exact) mass is 379 g/mol. The lowest BCUT2D eigenvalue weighted by atomic mass is 9.90. The molecule has 0 radical (unpaired) electrons. The summed E-state index contributed by atoms with van der Waals surface area (Å²) in [5.41, 5.74) is 3.79. The molecular formula is C22H25N3O3. The molecule has 0 aliphatic carbocycles. The largest absolute Gasteiger partial charge is 0.447 e. The summed E-state index contributed by atoms with van der Waals surface area (Å²) < 4.78 is 5.03. The van der Waals surface area contributed by atoms with Gasteiger partial charge in [-0.1, -0.05) is 36.4 Å². The predicted molar refractivity (Wildman–Crippen MR) is 109 cm³/mol. The zero-order valence-electron chi connectivity index (χ0n) is 16.1. The van der Waals surface area contributed by atoms with Crippen LogP contribution in [0.4, 0.5) is 21.0 Å². The fourth-order valence-electron chi connectivity index (χ4n) is 3.93. The highest BCUT2D eigenvalue weighted by molar-refractivity contribution is 5.94. The van der Waals surface area contributed by atoms with E-state index in [9.17, 15) is 9.59 Å². The molecule has 2 aliphatic rings. The Bertz CT molecular complexity index is 861. The number of benzene rings is 2. The molecule has 6 heteroatoms. The minimum Gasteiger partial charge on any atom is -0.447 e. The number of urea groups is 1. The van der Waals surface area contributed by atoms with E-state index in [1.54, 1.807) is 4.90 Å². The van der Waals surface area contributed by atoms with Crippen molar-refractivity contribution in [2.45, 2.75) is 25.7 Å². The second kappa shape index (κ2) is 7.92. The van der Waals surface area contributed by atoms with Gasteiger partial charge in [-0.25, -0.2) is 9.59 Å². The first-order valence-electron chi connectivity index (χ1n) is 9.77. The highest BCUT2D eigenvalue weighted by Crippen LogP contribution is 2.29. The number of cyclic esters (lactones) is 1. The van der Waals surface area contributed by atoms with E-state index in [0.29, 0.717) is 24.8 Å². The molecule has 0 spiro atoms. The summed E-state index contributed by atoms with van der Waals surface area (Å²) in [4.78, 5) is 28.0. The lowest BCUT2D eigenvalue weighted by molar-refractivity contribution is 0.181. The zero-order chi connectivity index (χ0) is 19.5. The SMILES string of the molecule is Cc1ccc(NC(=O)N2CCC(c3ccccc3)CC2)cc1N1CCOC1=O. The van der Waals surface area contributed by atoms with Crippen molar-refractivity contribution >= 4 is 23.5 Å². The number of ether oxygens (including phenoxy) is 1. The van der Waals surface area contributed by atoms with Crippen LogP contribution in [-0.2, 0) is 4.74 Å². The van der Waals surface area contributed by atoms with Crippen LogP contribution in [0.3, 0.4) is 0 Å². The molecule has 0 aromatic heterocycles. The maximum absolute atomic E-state index is 12.7. The maximum Gasteiger partial charge on any atom is 0.414 e. The van der Waals surface area contributed by atoms with E-state index in [4.69, 9.17) is 4.74 Å². The van der Waals surface area contributed by atoms with E-state index >= 15 is 0 Å². The lowest BCUT2D eigenvalue weighted by Gasteiger charge is -2.32. The second-order valence-corrected chi connectivity index (χ2v) is 7.37. The van der Waals surface area contributed by atoms with E-state index in [1.807, 2.05) is 36.1 Å². The fourth-order valence-corrected chi connectivity index (χ4v) is 3.93. The Kier molecular flexibility index (Phi) is 5.19. The Morgan fingerprint density at radius 1 is 1.07 bits per heavy atom. The third-order valence-corrected chi connectivity index (χ3v) is 5.57. The van der Waals surface area contributed by atoms with Gasteiger partial charge in [0, 0.05) is 18.8 Å². The second-order valence-electron chi connectivity index (χ2n) is 7.37. The average Bonchev–Trinajstić information content (AvgIpc) is 3.16. The molecule has 4 rings (SSSR count). The molecule has 146 valence electrons. The summed E-state index contributed by atoms with van der Waals surface area (Å²) in [7, 11) is 0. The Balaban J connectivity index is 1.38. The van der Waals surface area contributed by atoms with Crippen LogP contribution >= 0.6 is 0 Å². The van der Waals surface area contributed by atoms with Gasteiger partial charge in [0.1, 0.15) is 6.61 Å². The number of likely N-dealkylation sites (tertiary alicyclic amines) is 1. The molecule has 2 aromatic carbocycles. The van der Waals surface area contributed by atoms with Crippen molar-refractivity contribution in [1.82, 2.24) is 4.90 Å². The summed E-state index contributed by atoms with van der Waals surface area (Å²) in [6.45, 7) is 4.35. The number of nitrogens with one attached hydrogen (secondary N) is 1. The zero-order valence-corrected chi connectivity index (χ0v) is 16.1. The molecule has 2 aliphatic heterocycles. The van der Waals surface area contributed by atoms with Crippen LogP contribution in [-0.4, -0.2) is 43.3 Å². The quantitative estimate of drug-likeness (QED) is 0.862. The van der Waals surface area contributed by atoms with Gasteiger partial charge in [0.2, 0.25) is 0 Å². The molecule has 1 N–H and O–H groups in total. The van der Waals surface area contributed by atoms with Gasteiger partial charge in [0.15, 0.2) is 0 Å². The first kappa shape index (κ1) is 18.3. The van der Waals surface area contributed by atoms with Gasteiger partial charge in [-0.15, -0.1) is 0 Å². The van der Waals surface area contributed by atoms with Crippen molar-refractivity contribution in [2.24, 2.45) is 0 Å². The molecule has 0 bridgehead atoms. The number of amides is 3. The van der Waals surface area contributed by atoms with Crippen molar-refractivity contribution < 1.29 is 14.3 Å². The van der Waals surface area contributed by atoms with Crippen molar-refractivity contribution in [3.05, 3.63) is 59.7 Å². The van der Waals surface area contributed by atoms with Gasteiger partial charge in [0.05, 0.1) is 12.2 Å². The molecule has 3 amide bonds. The van der Waals surface area contributed by atoms with Crippen LogP contribution in [0.25, 0.3) is 0 Å². The Morgan fingerprint density at radius 3 is 2.50 bits per heavy atom. The Morgan fingerprint density at radius 2 is 1.82 bits per heavy atom. The first-order valence-corrected chi connectivity index (χ1v) is 9.77.